The number of amides is 1. The van der Waals surface area contributed by atoms with Crippen molar-refractivity contribution >= 4 is 40.2 Å². The number of rotatable bonds is 8. The van der Waals surface area contributed by atoms with Crippen molar-refractivity contribution in [1.82, 2.24) is 14.8 Å². The third-order valence-corrected chi connectivity index (χ3v) is 5.96. The maximum absolute atomic E-state index is 12.5. The fourth-order valence-electron chi connectivity index (χ4n) is 2.62. The fourth-order valence-corrected chi connectivity index (χ4v) is 4.26. The number of carbonyl (C=O) groups excluding carboxylic acids is 1. The summed E-state index contributed by atoms with van der Waals surface area (Å²) in [6.45, 7) is 11.4. The molecule has 0 aliphatic carbocycles. The minimum absolute atomic E-state index is 0.0546. The summed E-state index contributed by atoms with van der Waals surface area (Å²) in [5.41, 5.74) is 3.13. The maximum Gasteiger partial charge on any atom is 0.268 e. The van der Waals surface area contributed by atoms with Crippen LogP contribution >= 0.6 is 23.1 Å². The van der Waals surface area contributed by atoms with E-state index in [1.54, 1.807) is 17.8 Å². The van der Waals surface area contributed by atoms with Crippen LogP contribution in [0.1, 0.15) is 44.1 Å². The lowest BCUT2D eigenvalue weighted by molar-refractivity contribution is -0.112. The largest absolute Gasteiger partial charge is 0.349 e. The third-order valence-electron chi connectivity index (χ3n) is 4.10. The van der Waals surface area contributed by atoms with E-state index in [0.717, 1.165) is 40.0 Å². The molecular formula is C19H25N5OS2. The van der Waals surface area contributed by atoms with E-state index in [1.807, 2.05) is 32.9 Å². The Morgan fingerprint density at radius 1 is 1.44 bits per heavy atom. The molecule has 0 radical (unpaired) electrons. The number of carbonyl (C=O) groups is 1. The first kappa shape index (κ1) is 21.2. The fraction of sp³-hybridized carbons (Fsp3) is 0.474. The number of nitrogens with one attached hydrogen (secondary N) is 1. The van der Waals surface area contributed by atoms with Crippen LogP contribution in [0, 0.1) is 31.1 Å². The maximum atomic E-state index is 12.5. The average molecular weight is 404 g/mol. The van der Waals surface area contributed by atoms with E-state index in [0.29, 0.717) is 11.0 Å². The van der Waals surface area contributed by atoms with Gasteiger partial charge < -0.3 is 4.57 Å². The van der Waals surface area contributed by atoms with Crippen LogP contribution in [0.25, 0.3) is 6.08 Å². The van der Waals surface area contributed by atoms with Gasteiger partial charge in [-0.3, -0.25) is 10.1 Å². The van der Waals surface area contributed by atoms with Gasteiger partial charge >= 0.3 is 0 Å². The Morgan fingerprint density at radius 2 is 2.19 bits per heavy atom. The van der Waals surface area contributed by atoms with Crippen LogP contribution in [-0.2, 0) is 11.3 Å². The topological polar surface area (TPSA) is 83.6 Å². The van der Waals surface area contributed by atoms with Gasteiger partial charge in [0.2, 0.25) is 5.13 Å². The van der Waals surface area contributed by atoms with Gasteiger partial charge in [0.05, 0.1) is 0 Å². The summed E-state index contributed by atoms with van der Waals surface area (Å²) in [5, 5.41) is 20.5. The first-order valence-corrected chi connectivity index (χ1v) is 10.7. The Bertz CT molecular complexity index is 873. The molecule has 6 nitrogen and oxygen atoms in total. The number of hydrogen-bond donors (Lipinski definition) is 1. The van der Waals surface area contributed by atoms with Crippen molar-refractivity contribution in [3.63, 3.8) is 0 Å². The molecule has 0 bridgehead atoms. The molecule has 144 valence electrons. The number of anilines is 1. The van der Waals surface area contributed by atoms with Crippen LogP contribution in [0.2, 0.25) is 0 Å². The number of thioether (sulfide) groups is 1. The second-order valence-electron chi connectivity index (χ2n) is 6.59. The molecule has 0 aliphatic rings. The van der Waals surface area contributed by atoms with Crippen molar-refractivity contribution in [2.24, 2.45) is 5.92 Å². The van der Waals surface area contributed by atoms with Crippen molar-refractivity contribution < 1.29 is 4.79 Å². The van der Waals surface area contributed by atoms with Crippen LogP contribution < -0.4 is 5.32 Å². The summed E-state index contributed by atoms with van der Waals surface area (Å²) in [4.78, 5) is 12.5. The van der Waals surface area contributed by atoms with Gasteiger partial charge in [-0.2, -0.15) is 5.26 Å². The Balaban J connectivity index is 2.18. The van der Waals surface area contributed by atoms with Gasteiger partial charge in [0, 0.05) is 17.9 Å². The molecule has 0 unspecified atom stereocenters. The Hall–Kier alpha value is -2.11. The molecule has 27 heavy (non-hydrogen) atoms. The number of aryl methyl sites for hydroxylation is 1. The van der Waals surface area contributed by atoms with Crippen molar-refractivity contribution in [3.8, 4) is 6.07 Å². The van der Waals surface area contributed by atoms with Crippen LogP contribution in [0.3, 0.4) is 0 Å². The third kappa shape index (κ3) is 5.68. The van der Waals surface area contributed by atoms with Crippen molar-refractivity contribution in [2.45, 2.75) is 51.9 Å². The second kappa shape index (κ2) is 9.72. The highest BCUT2D eigenvalue weighted by Gasteiger charge is 2.15. The first-order chi connectivity index (χ1) is 12.8. The standard InChI is InChI=1S/C19H25N5OS2/c1-6-26-19-23-22-18(27-19)21-17(25)16(11-20)10-15-9-13(4)24(14(15)5)8-7-12(2)3/h9-10,12H,6-8H2,1-5H3,(H,21,22,25)/b16-10+. The number of hydrogen-bond acceptors (Lipinski definition) is 6. The zero-order chi connectivity index (χ0) is 20.0. The summed E-state index contributed by atoms with van der Waals surface area (Å²) >= 11 is 2.87. The smallest absolute Gasteiger partial charge is 0.268 e. The average Bonchev–Trinajstić information content (AvgIpc) is 3.15. The molecule has 0 spiro atoms. The molecule has 2 rings (SSSR count). The quantitative estimate of drug-likeness (QED) is 0.300. The van der Waals surface area contributed by atoms with Gasteiger partial charge in [-0.15, -0.1) is 10.2 Å². The van der Waals surface area contributed by atoms with E-state index in [-0.39, 0.29) is 5.57 Å². The summed E-state index contributed by atoms with van der Waals surface area (Å²) in [6.07, 6.45) is 2.73. The number of aromatic nitrogens is 3. The summed E-state index contributed by atoms with van der Waals surface area (Å²) < 4.78 is 3.03. The lowest BCUT2D eigenvalue weighted by atomic mass is 10.1. The van der Waals surface area contributed by atoms with Gasteiger partial charge in [-0.1, -0.05) is 43.9 Å². The van der Waals surface area contributed by atoms with Gasteiger partial charge in [0.25, 0.3) is 5.91 Å². The van der Waals surface area contributed by atoms with Crippen LogP contribution in [0.15, 0.2) is 16.0 Å². The van der Waals surface area contributed by atoms with Gasteiger partial charge in [-0.05, 0) is 49.6 Å². The molecule has 0 atom stereocenters. The summed E-state index contributed by atoms with van der Waals surface area (Å²) in [5.74, 6) is 1.04. The highest BCUT2D eigenvalue weighted by Crippen LogP contribution is 2.25. The molecule has 1 amide bonds. The molecular weight excluding hydrogens is 378 g/mol. The predicted octanol–water partition coefficient (Wildman–Crippen LogP) is 4.66. The van der Waals surface area contributed by atoms with Crippen molar-refractivity contribution in [3.05, 3.63) is 28.6 Å². The van der Waals surface area contributed by atoms with Crippen LogP contribution in [0.5, 0.6) is 0 Å². The van der Waals surface area contributed by atoms with Crippen LogP contribution in [0.4, 0.5) is 5.13 Å². The SMILES string of the molecule is CCSc1nnc(NC(=O)/C(C#N)=C/c2cc(C)n(CCC(C)C)c2C)s1. The highest BCUT2D eigenvalue weighted by atomic mass is 32.2. The molecule has 2 heterocycles. The monoisotopic (exact) mass is 403 g/mol. The minimum atomic E-state index is -0.464. The molecule has 0 saturated heterocycles. The van der Waals surface area contributed by atoms with Crippen molar-refractivity contribution in [2.75, 3.05) is 11.1 Å². The van der Waals surface area contributed by atoms with E-state index >= 15 is 0 Å². The Morgan fingerprint density at radius 3 is 2.81 bits per heavy atom. The Kier molecular flexibility index (Phi) is 7.63. The van der Waals surface area contributed by atoms with E-state index in [9.17, 15) is 10.1 Å². The molecule has 0 saturated carbocycles. The van der Waals surface area contributed by atoms with Crippen molar-refractivity contribution in [1.29, 1.82) is 5.26 Å². The van der Waals surface area contributed by atoms with Gasteiger partial charge in [0.1, 0.15) is 11.6 Å². The van der Waals surface area contributed by atoms with Gasteiger partial charge in [0.15, 0.2) is 4.34 Å². The molecule has 0 aromatic carbocycles. The Labute approximate surface area is 168 Å². The van der Waals surface area contributed by atoms with E-state index < -0.39 is 5.91 Å². The minimum Gasteiger partial charge on any atom is -0.349 e. The van der Waals surface area contributed by atoms with E-state index in [4.69, 9.17) is 0 Å². The molecule has 2 aromatic heterocycles. The lowest BCUT2D eigenvalue weighted by Crippen LogP contribution is -2.13. The zero-order valence-electron chi connectivity index (χ0n) is 16.4. The number of nitrogens with zero attached hydrogens (tertiary/aromatic N) is 4. The molecule has 0 aliphatic heterocycles. The number of nitriles is 1. The highest BCUT2D eigenvalue weighted by molar-refractivity contribution is 8.01. The zero-order valence-corrected chi connectivity index (χ0v) is 18.0. The second-order valence-corrected chi connectivity index (χ2v) is 9.08. The molecule has 8 heteroatoms. The van der Waals surface area contributed by atoms with Crippen LogP contribution in [-0.4, -0.2) is 26.4 Å². The lowest BCUT2D eigenvalue weighted by Gasteiger charge is -2.11. The first-order valence-electron chi connectivity index (χ1n) is 8.91. The predicted molar refractivity (Wildman–Crippen MR) is 112 cm³/mol. The summed E-state index contributed by atoms with van der Waals surface area (Å²) in [7, 11) is 0. The summed E-state index contributed by atoms with van der Waals surface area (Å²) in [6, 6.07) is 4.01. The normalized spacial score (nSPS) is 11.7. The van der Waals surface area contributed by atoms with E-state index in [2.05, 4.69) is 33.9 Å². The molecule has 0 fully saturated rings. The van der Waals surface area contributed by atoms with E-state index in [1.165, 1.54) is 11.3 Å². The molecule has 1 N–H and O–H groups in total. The van der Waals surface area contributed by atoms with Gasteiger partial charge in [-0.25, -0.2) is 0 Å². The molecule has 2 aromatic rings.